The van der Waals surface area contributed by atoms with Gasteiger partial charge in [0.15, 0.2) is 0 Å². The van der Waals surface area contributed by atoms with Gasteiger partial charge in [0.1, 0.15) is 0 Å². The number of benzene rings is 2. The summed E-state index contributed by atoms with van der Waals surface area (Å²) in [6.45, 7) is -0.0186. The molecule has 0 aliphatic heterocycles. The van der Waals surface area contributed by atoms with Crippen molar-refractivity contribution in [3.8, 4) is 0 Å². The summed E-state index contributed by atoms with van der Waals surface area (Å²) in [5, 5.41) is 9.52. The molecule has 134 valence electrons. The van der Waals surface area contributed by atoms with Crippen LogP contribution in [0.25, 0.3) is 0 Å². The minimum atomic E-state index is -3.97. The normalized spacial score (nSPS) is 11.3. The molecule has 0 aromatic heterocycles. The average Bonchev–Trinajstić information content (AvgIpc) is 2.53. The number of hydrogen-bond donors (Lipinski definition) is 1. The quantitative estimate of drug-likeness (QED) is 0.701. The molecule has 0 unspecified atom stereocenters. The van der Waals surface area contributed by atoms with E-state index in [0.29, 0.717) is 10.7 Å². The molecular formula is C16H14Cl3NO4S. The predicted octanol–water partition coefficient (Wildman–Crippen LogP) is 4.71. The molecular weight excluding hydrogens is 409 g/mol. The second kappa shape index (κ2) is 8.27. The lowest BCUT2D eigenvalue weighted by atomic mass is 10.3. The highest BCUT2D eigenvalue weighted by Crippen LogP contribution is 2.30. The van der Waals surface area contributed by atoms with Gasteiger partial charge >= 0.3 is 5.97 Å². The molecule has 2 rings (SSSR count). The average molecular weight is 423 g/mol. The van der Waals surface area contributed by atoms with Crippen LogP contribution in [0.5, 0.6) is 0 Å². The summed E-state index contributed by atoms with van der Waals surface area (Å²) in [5.74, 6) is -1.00. The molecule has 9 heteroatoms. The fourth-order valence-corrected chi connectivity index (χ4v) is 4.23. The minimum absolute atomic E-state index is 0.0186. The standard InChI is InChI=1S/C16H14Cl3NO4S/c17-11-3-1-4-12(9-11)20(8-2-5-16(21)22)25(23,24)13-6-7-14(18)15(19)10-13/h1,3-4,6-7,9-10H,2,5,8H2,(H,21,22). The second-order valence-electron chi connectivity index (χ2n) is 5.13. The van der Waals surface area contributed by atoms with Crippen LogP contribution in [0.4, 0.5) is 5.69 Å². The minimum Gasteiger partial charge on any atom is -0.481 e. The number of aliphatic carboxylic acids is 1. The Balaban J connectivity index is 2.45. The lowest BCUT2D eigenvalue weighted by Gasteiger charge is -2.24. The zero-order chi connectivity index (χ0) is 18.6. The summed E-state index contributed by atoms with van der Waals surface area (Å²) in [4.78, 5) is 10.7. The van der Waals surface area contributed by atoms with Gasteiger partial charge < -0.3 is 5.11 Å². The van der Waals surface area contributed by atoms with Crippen LogP contribution in [0.15, 0.2) is 47.4 Å². The maximum Gasteiger partial charge on any atom is 0.303 e. The van der Waals surface area contributed by atoms with Crippen LogP contribution >= 0.6 is 34.8 Å². The van der Waals surface area contributed by atoms with Gasteiger partial charge in [-0.15, -0.1) is 0 Å². The summed E-state index contributed by atoms with van der Waals surface area (Å²) in [5.41, 5.74) is 0.337. The van der Waals surface area contributed by atoms with Gasteiger partial charge in [0.25, 0.3) is 10.0 Å². The van der Waals surface area contributed by atoms with Gasteiger partial charge in [-0.05, 0) is 42.8 Å². The Bertz CT molecular complexity index is 887. The fraction of sp³-hybridized carbons (Fsp3) is 0.188. The van der Waals surface area contributed by atoms with Crippen LogP contribution < -0.4 is 4.31 Å². The molecule has 2 aromatic carbocycles. The number of halogens is 3. The number of rotatable bonds is 7. The van der Waals surface area contributed by atoms with E-state index in [-0.39, 0.29) is 34.3 Å². The Morgan fingerprint density at radius 3 is 2.36 bits per heavy atom. The molecule has 5 nitrogen and oxygen atoms in total. The first-order chi connectivity index (χ1) is 11.7. The highest BCUT2D eigenvalue weighted by atomic mass is 35.5. The van der Waals surface area contributed by atoms with E-state index < -0.39 is 16.0 Å². The molecule has 0 saturated heterocycles. The summed E-state index contributed by atoms with van der Waals surface area (Å²) >= 11 is 17.7. The van der Waals surface area contributed by atoms with Crippen molar-refractivity contribution in [3.63, 3.8) is 0 Å². The first-order valence-corrected chi connectivity index (χ1v) is 9.74. The number of carboxylic acids is 1. The van der Waals surface area contributed by atoms with Gasteiger partial charge in [-0.2, -0.15) is 0 Å². The third-order valence-corrected chi connectivity index (χ3v) is 6.12. The first kappa shape index (κ1) is 19.8. The molecule has 0 heterocycles. The number of hydrogen-bond acceptors (Lipinski definition) is 3. The molecule has 0 radical (unpaired) electrons. The number of carbonyl (C=O) groups is 1. The lowest BCUT2D eigenvalue weighted by molar-refractivity contribution is -0.137. The van der Waals surface area contributed by atoms with E-state index in [1.807, 2.05) is 0 Å². The summed E-state index contributed by atoms with van der Waals surface area (Å²) < 4.78 is 27.1. The van der Waals surface area contributed by atoms with Crippen molar-refractivity contribution in [2.24, 2.45) is 0 Å². The molecule has 0 atom stereocenters. The van der Waals surface area contributed by atoms with Crippen molar-refractivity contribution in [2.45, 2.75) is 17.7 Å². The van der Waals surface area contributed by atoms with E-state index in [4.69, 9.17) is 39.9 Å². The highest BCUT2D eigenvalue weighted by Gasteiger charge is 2.25. The molecule has 2 aromatic rings. The number of nitrogens with zero attached hydrogens (tertiary/aromatic N) is 1. The maximum atomic E-state index is 13.0. The Morgan fingerprint density at radius 1 is 1.04 bits per heavy atom. The molecule has 25 heavy (non-hydrogen) atoms. The van der Waals surface area contributed by atoms with Crippen LogP contribution in [0.2, 0.25) is 15.1 Å². The first-order valence-electron chi connectivity index (χ1n) is 7.17. The topological polar surface area (TPSA) is 74.7 Å². The van der Waals surface area contributed by atoms with E-state index >= 15 is 0 Å². The van der Waals surface area contributed by atoms with E-state index in [9.17, 15) is 13.2 Å². The van der Waals surface area contributed by atoms with Crippen molar-refractivity contribution < 1.29 is 18.3 Å². The van der Waals surface area contributed by atoms with Crippen LogP contribution in [0.3, 0.4) is 0 Å². The van der Waals surface area contributed by atoms with Crippen molar-refractivity contribution in [1.29, 1.82) is 0 Å². The summed E-state index contributed by atoms with van der Waals surface area (Å²) in [6.07, 6.45) is -0.0175. The molecule has 0 aliphatic rings. The van der Waals surface area contributed by atoms with E-state index in [1.165, 1.54) is 24.3 Å². The van der Waals surface area contributed by atoms with Gasteiger partial charge in [0.05, 0.1) is 20.6 Å². The molecule has 0 spiro atoms. The van der Waals surface area contributed by atoms with Crippen molar-refractivity contribution in [3.05, 3.63) is 57.5 Å². The largest absolute Gasteiger partial charge is 0.481 e. The van der Waals surface area contributed by atoms with Gasteiger partial charge in [0.2, 0.25) is 0 Å². The molecule has 0 amide bonds. The summed E-state index contributed by atoms with van der Waals surface area (Å²) in [7, 11) is -3.97. The number of carboxylic acid groups (broad SMARTS) is 1. The van der Waals surface area contributed by atoms with Crippen LogP contribution in [0.1, 0.15) is 12.8 Å². The van der Waals surface area contributed by atoms with Crippen molar-refractivity contribution >= 4 is 56.5 Å². The summed E-state index contributed by atoms with van der Waals surface area (Å²) in [6, 6.07) is 10.3. The van der Waals surface area contributed by atoms with Gasteiger partial charge in [-0.3, -0.25) is 9.10 Å². The van der Waals surface area contributed by atoms with Crippen LogP contribution in [0, 0.1) is 0 Å². The molecule has 0 saturated carbocycles. The number of sulfonamides is 1. The van der Waals surface area contributed by atoms with Crippen LogP contribution in [-0.4, -0.2) is 26.0 Å². The predicted molar refractivity (Wildman–Crippen MR) is 99.3 cm³/mol. The zero-order valence-electron chi connectivity index (χ0n) is 12.8. The van der Waals surface area contributed by atoms with Crippen LogP contribution in [-0.2, 0) is 14.8 Å². The van der Waals surface area contributed by atoms with E-state index in [1.54, 1.807) is 18.2 Å². The lowest BCUT2D eigenvalue weighted by Crippen LogP contribution is -2.32. The SMILES string of the molecule is O=C(O)CCCN(c1cccc(Cl)c1)S(=O)(=O)c1ccc(Cl)c(Cl)c1. The fourth-order valence-electron chi connectivity index (χ4n) is 2.16. The Morgan fingerprint density at radius 2 is 1.76 bits per heavy atom. The van der Waals surface area contributed by atoms with Gasteiger partial charge in [-0.25, -0.2) is 8.42 Å². The zero-order valence-corrected chi connectivity index (χ0v) is 15.9. The molecule has 0 aliphatic carbocycles. The Kier molecular flexibility index (Phi) is 6.57. The smallest absolute Gasteiger partial charge is 0.303 e. The third kappa shape index (κ3) is 5.01. The third-order valence-electron chi connectivity index (χ3n) is 3.33. The molecule has 0 fully saturated rings. The molecule has 0 bridgehead atoms. The monoisotopic (exact) mass is 421 g/mol. The van der Waals surface area contributed by atoms with Gasteiger partial charge in [0, 0.05) is 18.0 Å². The van der Waals surface area contributed by atoms with Gasteiger partial charge in [-0.1, -0.05) is 40.9 Å². The Labute approximate surface area is 160 Å². The maximum absolute atomic E-state index is 13.0. The van der Waals surface area contributed by atoms with E-state index in [0.717, 1.165) is 4.31 Å². The van der Waals surface area contributed by atoms with Crippen molar-refractivity contribution in [2.75, 3.05) is 10.8 Å². The number of anilines is 1. The Hall–Kier alpha value is -1.47. The van der Waals surface area contributed by atoms with E-state index in [2.05, 4.69) is 0 Å². The van der Waals surface area contributed by atoms with Crippen molar-refractivity contribution in [1.82, 2.24) is 0 Å². The highest BCUT2D eigenvalue weighted by molar-refractivity contribution is 7.92. The second-order valence-corrected chi connectivity index (χ2v) is 8.24. The molecule has 1 N–H and O–H groups in total.